The van der Waals surface area contributed by atoms with Crippen molar-refractivity contribution in [2.45, 2.75) is 18.6 Å². The molecule has 1 aliphatic heterocycles. The first kappa shape index (κ1) is 16.1. The molecule has 1 aliphatic rings. The first-order chi connectivity index (χ1) is 12.2. The molecule has 0 bridgehead atoms. The molecule has 126 valence electrons. The highest BCUT2D eigenvalue weighted by molar-refractivity contribution is 9.10. The fourth-order valence-electron chi connectivity index (χ4n) is 3.11. The van der Waals surface area contributed by atoms with Gasteiger partial charge in [0.1, 0.15) is 11.5 Å². The topological polar surface area (TPSA) is 57.8 Å². The van der Waals surface area contributed by atoms with Gasteiger partial charge in [0, 0.05) is 28.2 Å². The molecule has 0 amide bonds. The van der Waals surface area contributed by atoms with Crippen LogP contribution in [0.1, 0.15) is 35.5 Å². The monoisotopic (exact) mass is 396 g/mol. The summed E-state index contributed by atoms with van der Waals surface area (Å²) in [7, 11) is 0. The maximum atomic E-state index is 10.3. The third-order valence-electron chi connectivity index (χ3n) is 4.33. The lowest BCUT2D eigenvalue weighted by Gasteiger charge is -2.29. The minimum atomic E-state index is -0.290. The Kier molecular flexibility index (Phi) is 4.42. The molecule has 1 aromatic heterocycles. The summed E-state index contributed by atoms with van der Waals surface area (Å²) in [5.74, 6) is 1.03. The first-order valence-electron chi connectivity index (χ1n) is 8.10. The Labute approximate surface area is 154 Å². The zero-order chi connectivity index (χ0) is 17.2. The lowest BCUT2D eigenvalue weighted by Crippen LogP contribution is -2.32. The van der Waals surface area contributed by atoms with Gasteiger partial charge in [0.25, 0.3) is 0 Å². The van der Waals surface area contributed by atoms with Gasteiger partial charge in [0.05, 0.1) is 6.26 Å². The summed E-state index contributed by atoms with van der Waals surface area (Å²) in [6.07, 6.45) is 2.04. The van der Waals surface area contributed by atoms with E-state index in [1.807, 2.05) is 42.5 Å². The average molecular weight is 397 g/mol. The number of halogens is 1. The lowest BCUT2D eigenvalue weighted by atomic mass is 9.94. The van der Waals surface area contributed by atoms with Gasteiger partial charge in [0.15, 0.2) is 6.17 Å². The summed E-state index contributed by atoms with van der Waals surface area (Å²) in [6, 6.07) is 19.3. The van der Waals surface area contributed by atoms with Gasteiger partial charge in [-0.15, -0.1) is 0 Å². The van der Waals surface area contributed by atoms with Crippen LogP contribution in [-0.4, -0.2) is 10.8 Å². The highest BCUT2D eigenvalue weighted by Crippen LogP contribution is 2.35. The van der Waals surface area contributed by atoms with E-state index in [1.54, 1.807) is 12.3 Å². The Morgan fingerprint density at radius 1 is 1.08 bits per heavy atom. The highest BCUT2D eigenvalue weighted by Gasteiger charge is 2.28. The molecule has 0 saturated heterocycles. The predicted molar refractivity (Wildman–Crippen MR) is 101 cm³/mol. The number of phenolic OH excluding ortho intramolecular Hbond substituents is 1. The summed E-state index contributed by atoms with van der Waals surface area (Å²) in [6.45, 7) is 0. The van der Waals surface area contributed by atoms with Gasteiger partial charge in [-0.05, 0) is 35.9 Å². The molecule has 4 nitrogen and oxygen atoms in total. The number of benzene rings is 2. The average Bonchev–Trinajstić information content (AvgIpc) is 3.19. The zero-order valence-electron chi connectivity index (χ0n) is 13.4. The van der Waals surface area contributed by atoms with Crippen molar-refractivity contribution >= 4 is 21.6 Å². The second kappa shape index (κ2) is 6.86. The number of hydrogen-bond acceptors (Lipinski definition) is 4. The summed E-state index contributed by atoms with van der Waals surface area (Å²) >= 11 is 3.49. The van der Waals surface area contributed by atoms with Gasteiger partial charge in [0.2, 0.25) is 0 Å². The van der Waals surface area contributed by atoms with E-state index >= 15 is 0 Å². The van der Waals surface area contributed by atoms with Crippen LogP contribution in [0, 0.1) is 0 Å². The molecule has 2 N–H and O–H groups in total. The number of phenols is 1. The van der Waals surface area contributed by atoms with Crippen LogP contribution in [0.5, 0.6) is 5.75 Å². The number of hydrogen-bond donors (Lipinski definition) is 2. The molecule has 0 fully saturated rings. The van der Waals surface area contributed by atoms with Crippen LogP contribution in [0.2, 0.25) is 0 Å². The number of rotatable bonds is 3. The van der Waals surface area contributed by atoms with E-state index < -0.39 is 0 Å². The molecule has 0 saturated carbocycles. The minimum Gasteiger partial charge on any atom is -0.508 e. The molecule has 3 aromatic rings. The Balaban J connectivity index is 1.75. The minimum absolute atomic E-state index is 0.0692. The van der Waals surface area contributed by atoms with Crippen molar-refractivity contribution in [2.24, 2.45) is 4.99 Å². The zero-order valence-corrected chi connectivity index (χ0v) is 15.0. The molecule has 0 radical (unpaired) electrons. The molecule has 25 heavy (non-hydrogen) atoms. The third-order valence-corrected chi connectivity index (χ3v) is 4.82. The number of nitrogens with zero attached hydrogens (tertiary/aromatic N) is 1. The Bertz CT molecular complexity index is 891. The molecule has 0 spiro atoms. The van der Waals surface area contributed by atoms with Crippen molar-refractivity contribution in [3.63, 3.8) is 0 Å². The second-order valence-electron chi connectivity index (χ2n) is 5.99. The molecular weight excluding hydrogens is 380 g/mol. The van der Waals surface area contributed by atoms with Crippen LogP contribution >= 0.6 is 15.9 Å². The van der Waals surface area contributed by atoms with E-state index in [2.05, 4.69) is 33.4 Å². The largest absolute Gasteiger partial charge is 0.508 e. The quantitative estimate of drug-likeness (QED) is 0.656. The van der Waals surface area contributed by atoms with Crippen molar-refractivity contribution in [2.75, 3.05) is 0 Å². The van der Waals surface area contributed by atoms with Crippen LogP contribution in [-0.2, 0) is 0 Å². The molecule has 2 aromatic carbocycles. The summed E-state index contributed by atoms with van der Waals surface area (Å²) in [5, 5.41) is 13.8. The third kappa shape index (κ3) is 3.38. The van der Waals surface area contributed by atoms with E-state index in [-0.39, 0.29) is 18.0 Å². The summed E-state index contributed by atoms with van der Waals surface area (Å²) < 4.78 is 6.48. The number of nitrogens with one attached hydrogen (secondary N) is 1. The molecule has 4 rings (SSSR count). The first-order valence-corrected chi connectivity index (χ1v) is 8.90. The summed E-state index contributed by atoms with van der Waals surface area (Å²) in [4.78, 5) is 4.84. The van der Waals surface area contributed by atoms with Gasteiger partial charge < -0.3 is 9.52 Å². The van der Waals surface area contributed by atoms with Gasteiger partial charge >= 0.3 is 0 Å². The number of furan rings is 1. The fourth-order valence-corrected chi connectivity index (χ4v) is 3.49. The van der Waals surface area contributed by atoms with Gasteiger partial charge in [-0.3, -0.25) is 10.3 Å². The molecule has 0 aliphatic carbocycles. The summed E-state index contributed by atoms with van der Waals surface area (Å²) in [5.41, 5.74) is 2.92. The van der Waals surface area contributed by atoms with E-state index in [0.29, 0.717) is 6.42 Å². The van der Waals surface area contributed by atoms with Crippen molar-refractivity contribution < 1.29 is 9.52 Å². The van der Waals surface area contributed by atoms with Crippen molar-refractivity contribution in [1.29, 1.82) is 0 Å². The highest BCUT2D eigenvalue weighted by atomic mass is 79.9. The Hall–Kier alpha value is -2.37. The van der Waals surface area contributed by atoms with Gasteiger partial charge in [-0.25, -0.2) is 0 Å². The molecule has 2 heterocycles. The Morgan fingerprint density at radius 3 is 2.68 bits per heavy atom. The maximum Gasteiger partial charge on any atom is 0.159 e. The van der Waals surface area contributed by atoms with Crippen LogP contribution in [0.3, 0.4) is 0 Å². The van der Waals surface area contributed by atoms with Crippen LogP contribution < -0.4 is 5.32 Å². The maximum absolute atomic E-state index is 10.3. The lowest BCUT2D eigenvalue weighted by molar-refractivity contribution is 0.364. The molecule has 0 unspecified atom stereocenters. The number of aliphatic imine (C=N–C) groups is 1. The smallest absolute Gasteiger partial charge is 0.159 e. The number of aromatic hydroxyl groups is 1. The second-order valence-corrected chi connectivity index (χ2v) is 6.90. The van der Waals surface area contributed by atoms with E-state index in [1.165, 1.54) is 0 Å². The van der Waals surface area contributed by atoms with Crippen LogP contribution in [0.15, 0.2) is 80.8 Å². The SMILES string of the molecule is Oc1ccc(Br)cc1[C@@H]1CC(c2ccccc2)=N[C@H](c2ccco2)N1. The van der Waals surface area contributed by atoms with E-state index in [9.17, 15) is 5.11 Å². The molecule has 2 atom stereocenters. The fraction of sp³-hybridized carbons (Fsp3) is 0.150. The van der Waals surface area contributed by atoms with Crippen LogP contribution in [0.4, 0.5) is 0 Å². The van der Waals surface area contributed by atoms with Gasteiger partial charge in [-0.1, -0.05) is 46.3 Å². The van der Waals surface area contributed by atoms with Crippen molar-refractivity contribution in [1.82, 2.24) is 5.32 Å². The normalized spacial score (nSPS) is 20.3. The van der Waals surface area contributed by atoms with Crippen LogP contribution in [0.25, 0.3) is 0 Å². The molecule has 5 heteroatoms. The Morgan fingerprint density at radius 2 is 1.92 bits per heavy atom. The van der Waals surface area contributed by atoms with E-state index in [0.717, 1.165) is 27.1 Å². The predicted octanol–water partition coefficient (Wildman–Crippen LogP) is 4.97. The van der Waals surface area contributed by atoms with Crippen molar-refractivity contribution in [3.05, 3.63) is 88.3 Å². The molecular formula is C20H17BrN2O2. The van der Waals surface area contributed by atoms with Gasteiger partial charge in [-0.2, -0.15) is 0 Å². The standard InChI is InChI=1S/C20H17BrN2O2/c21-14-8-9-18(24)15(11-14)17-12-16(13-5-2-1-3-6-13)22-20(23-17)19-7-4-10-25-19/h1-11,17,20,23-24H,12H2/t17-,20-/m0/s1. The van der Waals surface area contributed by atoms with E-state index in [4.69, 9.17) is 9.41 Å². The van der Waals surface area contributed by atoms with Crippen molar-refractivity contribution in [3.8, 4) is 5.75 Å².